The minimum atomic E-state index is -4.74. The Balaban J connectivity index is 1.85. The second-order valence-corrected chi connectivity index (χ2v) is 7.36. The van der Waals surface area contributed by atoms with E-state index in [0.717, 1.165) is 0 Å². The third kappa shape index (κ3) is 4.26. The van der Waals surface area contributed by atoms with E-state index in [1.165, 1.54) is 30.5 Å². The van der Waals surface area contributed by atoms with Crippen molar-refractivity contribution in [2.75, 3.05) is 5.32 Å². The van der Waals surface area contributed by atoms with Gasteiger partial charge in [0.2, 0.25) is 5.95 Å². The Bertz CT molecular complexity index is 1030. The molecule has 3 aromatic rings. The average molecular weight is 395 g/mol. The summed E-state index contributed by atoms with van der Waals surface area (Å²) in [5, 5.41) is 7.68. The molecule has 0 saturated carbocycles. The second kappa shape index (κ2) is 6.84. The first-order valence-electron chi connectivity index (χ1n) is 8.55. The van der Waals surface area contributed by atoms with Gasteiger partial charge < -0.3 is 10.1 Å². The van der Waals surface area contributed by atoms with E-state index < -0.39 is 6.36 Å². The second-order valence-electron chi connectivity index (χ2n) is 7.36. The van der Waals surface area contributed by atoms with Gasteiger partial charge in [0.15, 0.2) is 5.65 Å². The van der Waals surface area contributed by atoms with Crippen LogP contribution in [-0.2, 0) is 5.54 Å². The molecule has 1 atom stereocenters. The SMILES string of the molecule is CC(Nc1nc2c(cnn2C(C)(C)C)c(=O)[nH]1)c1ccc(OC(F)(F)F)cc1. The van der Waals surface area contributed by atoms with Crippen molar-refractivity contribution >= 4 is 17.0 Å². The van der Waals surface area contributed by atoms with Crippen LogP contribution in [0.25, 0.3) is 11.0 Å². The number of fused-ring (bicyclic) bond motifs is 1. The van der Waals surface area contributed by atoms with Gasteiger partial charge in [-0.2, -0.15) is 10.1 Å². The molecular formula is C18H20F3N5O2. The minimum absolute atomic E-state index is 0.242. The first-order valence-corrected chi connectivity index (χ1v) is 8.55. The molecular weight excluding hydrogens is 375 g/mol. The maximum Gasteiger partial charge on any atom is 0.573 e. The molecule has 7 nitrogen and oxygen atoms in total. The smallest absolute Gasteiger partial charge is 0.406 e. The number of ether oxygens (including phenoxy) is 1. The Morgan fingerprint density at radius 1 is 1.18 bits per heavy atom. The number of hydrogen-bond acceptors (Lipinski definition) is 5. The monoisotopic (exact) mass is 395 g/mol. The van der Waals surface area contributed by atoms with Crippen molar-refractivity contribution in [3.63, 3.8) is 0 Å². The van der Waals surface area contributed by atoms with Crippen molar-refractivity contribution in [1.82, 2.24) is 19.7 Å². The normalized spacial score (nSPS) is 13.5. The van der Waals surface area contributed by atoms with E-state index in [1.54, 1.807) is 11.6 Å². The van der Waals surface area contributed by atoms with Crippen LogP contribution in [0.5, 0.6) is 5.75 Å². The molecule has 0 spiro atoms. The summed E-state index contributed by atoms with van der Waals surface area (Å²) < 4.78 is 42.3. The molecule has 1 unspecified atom stereocenters. The molecule has 28 heavy (non-hydrogen) atoms. The predicted molar refractivity (Wildman–Crippen MR) is 98.3 cm³/mol. The van der Waals surface area contributed by atoms with Crippen LogP contribution in [0, 0.1) is 0 Å². The van der Waals surface area contributed by atoms with Crippen molar-refractivity contribution in [2.45, 2.75) is 45.6 Å². The Hall–Kier alpha value is -3.04. The number of alkyl halides is 3. The summed E-state index contributed by atoms with van der Waals surface area (Å²) in [5.74, 6) is -0.0582. The van der Waals surface area contributed by atoms with Gasteiger partial charge in [-0.15, -0.1) is 13.2 Å². The van der Waals surface area contributed by atoms with Crippen molar-refractivity contribution in [3.8, 4) is 5.75 Å². The zero-order chi connectivity index (χ0) is 20.7. The molecule has 0 aliphatic heterocycles. The van der Waals surface area contributed by atoms with Crippen molar-refractivity contribution in [3.05, 3.63) is 46.4 Å². The topological polar surface area (TPSA) is 84.8 Å². The standard InChI is InChI=1S/C18H20F3N5O2/c1-10(11-5-7-12(8-6-11)28-18(19,20)21)23-16-24-14-13(15(27)25-16)9-22-26(14)17(2,3)4/h5-10H,1-4H3,(H2,23,24,25,27). The van der Waals surface area contributed by atoms with Gasteiger partial charge in [-0.25, -0.2) is 4.68 Å². The van der Waals surface area contributed by atoms with Crippen LogP contribution in [0.2, 0.25) is 0 Å². The lowest BCUT2D eigenvalue weighted by molar-refractivity contribution is -0.274. The molecule has 0 fully saturated rings. The Labute approximate surface area is 158 Å². The third-order valence-corrected chi connectivity index (χ3v) is 4.04. The highest BCUT2D eigenvalue weighted by atomic mass is 19.4. The zero-order valence-electron chi connectivity index (χ0n) is 15.8. The number of nitrogens with one attached hydrogen (secondary N) is 2. The van der Waals surface area contributed by atoms with E-state index in [9.17, 15) is 18.0 Å². The van der Waals surface area contributed by atoms with E-state index in [2.05, 4.69) is 25.1 Å². The summed E-state index contributed by atoms with van der Waals surface area (Å²) in [6, 6.07) is 5.15. The predicted octanol–water partition coefficient (Wildman–Crippen LogP) is 3.95. The number of aromatic amines is 1. The van der Waals surface area contributed by atoms with E-state index in [-0.39, 0.29) is 28.8 Å². The third-order valence-electron chi connectivity index (χ3n) is 4.04. The van der Waals surface area contributed by atoms with Crippen LogP contribution in [-0.4, -0.2) is 26.1 Å². The van der Waals surface area contributed by atoms with Crippen LogP contribution < -0.4 is 15.6 Å². The Kier molecular flexibility index (Phi) is 4.82. The Morgan fingerprint density at radius 2 is 1.82 bits per heavy atom. The molecule has 2 aromatic heterocycles. The number of anilines is 1. The number of halogens is 3. The molecule has 2 heterocycles. The lowest BCUT2D eigenvalue weighted by atomic mass is 10.1. The van der Waals surface area contributed by atoms with Gasteiger partial charge in [-0.3, -0.25) is 9.78 Å². The summed E-state index contributed by atoms with van der Waals surface area (Å²) in [5.41, 5.74) is 0.449. The van der Waals surface area contributed by atoms with Gasteiger partial charge in [-0.05, 0) is 45.4 Å². The molecule has 3 rings (SSSR count). The first kappa shape index (κ1) is 19.7. The zero-order valence-corrected chi connectivity index (χ0v) is 15.8. The summed E-state index contributed by atoms with van der Waals surface area (Å²) in [7, 11) is 0. The van der Waals surface area contributed by atoms with Crippen LogP contribution in [0.3, 0.4) is 0 Å². The van der Waals surface area contributed by atoms with Crippen LogP contribution in [0.4, 0.5) is 19.1 Å². The Morgan fingerprint density at radius 3 is 2.39 bits per heavy atom. The van der Waals surface area contributed by atoms with E-state index in [0.29, 0.717) is 16.6 Å². The van der Waals surface area contributed by atoms with E-state index in [4.69, 9.17) is 0 Å². The van der Waals surface area contributed by atoms with Gasteiger partial charge in [0, 0.05) is 0 Å². The molecule has 1 aromatic carbocycles. The van der Waals surface area contributed by atoms with Crippen LogP contribution in [0.15, 0.2) is 35.3 Å². The molecule has 0 amide bonds. The summed E-state index contributed by atoms with van der Waals surface area (Å²) in [6.45, 7) is 7.64. The summed E-state index contributed by atoms with van der Waals surface area (Å²) in [6.07, 6.45) is -3.26. The number of rotatable bonds is 4. The summed E-state index contributed by atoms with van der Waals surface area (Å²) in [4.78, 5) is 19.4. The quantitative estimate of drug-likeness (QED) is 0.699. The maximum atomic E-state index is 12.3. The van der Waals surface area contributed by atoms with Gasteiger partial charge in [0.05, 0.1) is 17.8 Å². The van der Waals surface area contributed by atoms with Gasteiger partial charge >= 0.3 is 6.36 Å². The number of aromatic nitrogens is 4. The van der Waals surface area contributed by atoms with E-state index >= 15 is 0 Å². The maximum absolute atomic E-state index is 12.3. The lowest BCUT2D eigenvalue weighted by Crippen LogP contribution is -2.24. The molecule has 2 N–H and O–H groups in total. The average Bonchev–Trinajstić information content (AvgIpc) is 2.98. The highest BCUT2D eigenvalue weighted by Crippen LogP contribution is 2.25. The number of H-pyrrole nitrogens is 1. The molecule has 0 aliphatic rings. The minimum Gasteiger partial charge on any atom is -0.406 e. The van der Waals surface area contributed by atoms with Gasteiger partial charge in [-0.1, -0.05) is 12.1 Å². The molecule has 0 saturated heterocycles. The van der Waals surface area contributed by atoms with Crippen molar-refractivity contribution < 1.29 is 17.9 Å². The van der Waals surface area contributed by atoms with Gasteiger partial charge in [0.25, 0.3) is 5.56 Å². The molecule has 10 heteroatoms. The first-order chi connectivity index (χ1) is 12.9. The lowest BCUT2D eigenvalue weighted by Gasteiger charge is -2.20. The van der Waals surface area contributed by atoms with Crippen LogP contribution in [0.1, 0.15) is 39.3 Å². The van der Waals surface area contributed by atoms with E-state index in [1.807, 2.05) is 20.8 Å². The number of benzene rings is 1. The number of hydrogen-bond donors (Lipinski definition) is 2. The highest BCUT2D eigenvalue weighted by molar-refractivity contribution is 5.74. The fourth-order valence-electron chi connectivity index (χ4n) is 2.72. The number of nitrogens with zero attached hydrogens (tertiary/aromatic N) is 3. The molecule has 0 bridgehead atoms. The molecule has 0 radical (unpaired) electrons. The van der Waals surface area contributed by atoms with Crippen LogP contribution >= 0.6 is 0 Å². The molecule has 0 aliphatic carbocycles. The van der Waals surface area contributed by atoms with Crippen molar-refractivity contribution in [1.29, 1.82) is 0 Å². The van der Waals surface area contributed by atoms with Gasteiger partial charge in [0.1, 0.15) is 11.1 Å². The molecule has 150 valence electrons. The highest BCUT2D eigenvalue weighted by Gasteiger charge is 2.31. The fraction of sp³-hybridized carbons (Fsp3) is 0.389. The largest absolute Gasteiger partial charge is 0.573 e. The fourth-order valence-corrected chi connectivity index (χ4v) is 2.72. The van der Waals surface area contributed by atoms with Crippen molar-refractivity contribution in [2.24, 2.45) is 0 Å². The summed E-state index contributed by atoms with van der Waals surface area (Å²) >= 11 is 0.